The van der Waals surface area contributed by atoms with Gasteiger partial charge in [-0.15, -0.1) is 6.58 Å². The summed E-state index contributed by atoms with van der Waals surface area (Å²) in [7, 11) is -2.83. The normalized spacial score (nSPS) is 20.3. The third-order valence-corrected chi connectivity index (χ3v) is 5.96. The summed E-state index contributed by atoms with van der Waals surface area (Å²) in [6.07, 6.45) is 2.68. The zero-order chi connectivity index (χ0) is 14.1. The van der Waals surface area contributed by atoms with Gasteiger partial charge in [-0.1, -0.05) is 6.08 Å². The summed E-state index contributed by atoms with van der Waals surface area (Å²) in [4.78, 5) is 0. The van der Waals surface area contributed by atoms with Crippen molar-refractivity contribution in [3.8, 4) is 0 Å². The van der Waals surface area contributed by atoms with Gasteiger partial charge in [-0.25, -0.2) is 0 Å². The maximum Gasteiger partial charge on any atom is 0.531 e. The average molecular weight is 290 g/mol. The van der Waals surface area contributed by atoms with Crippen LogP contribution >= 0.6 is 0 Å². The summed E-state index contributed by atoms with van der Waals surface area (Å²) in [6, 6.07) is 0. The van der Waals surface area contributed by atoms with E-state index in [1.807, 2.05) is 26.8 Å². The van der Waals surface area contributed by atoms with Crippen molar-refractivity contribution in [2.75, 3.05) is 33.0 Å². The molecule has 5 nitrogen and oxygen atoms in total. The molecule has 1 rings (SSSR count). The van der Waals surface area contributed by atoms with Gasteiger partial charge in [-0.2, -0.15) is 0 Å². The molecule has 1 heterocycles. The minimum atomic E-state index is -2.83. The molecule has 0 spiro atoms. The number of rotatable bonds is 12. The Morgan fingerprint density at radius 1 is 1.21 bits per heavy atom. The van der Waals surface area contributed by atoms with Crippen molar-refractivity contribution in [2.45, 2.75) is 39.0 Å². The third-order valence-electron chi connectivity index (χ3n) is 2.70. The standard InChI is InChI=1S/C13H26O5Si/c1-5-9-13(15-11-12-10-14-12)19(16-6-2,17-7-3)18-8-4/h5,12-13H,1,6-11H2,2-4H3. The number of hydrogen-bond acceptors (Lipinski definition) is 5. The fourth-order valence-electron chi connectivity index (χ4n) is 1.86. The molecule has 0 aromatic heterocycles. The van der Waals surface area contributed by atoms with Gasteiger partial charge in [0.05, 0.1) is 13.2 Å². The lowest BCUT2D eigenvalue weighted by molar-refractivity contribution is -0.0124. The van der Waals surface area contributed by atoms with Gasteiger partial charge in [-0.3, -0.25) is 0 Å². The number of epoxide rings is 1. The first-order valence-electron chi connectivity index (χ1n) is 6.98. The Balaban J connectivity index is 2.73. The molecule has 1 aliphatic heterocycles. The van der Waals surface area contributed by atoms with Crippen LogP contribution in [0.3, 0.4) is 0 Å². The second-order valence-electron chi connectivity index (χ2n) is 4.20. The Bertz CT molecular complexity index is 240. The highest BCUT2D eigenvalue weighted by Gasteiger charge is 2.50. The average Bonchev–Trinajstić information content (AvgIpc) is 3.19. The van der Waals surface area contributed by atoms with E-state index in [-0.39, 0.29) is 11.8 Å². The maximum absolute atomic E-state index is 5.92. The van der Waals surface area contributed by atoms with Crippen LogP contribution in [0.1, 0.15) is 27.2 Å². The molecule has 1 fully saturated rings. The van der Waals surface area contributed by atoms with Gasteiger partial charge in [0.2, 0.25) is 0 Å². The first-order valence-corrected chi connectivity index (χ1v) is 8.78. The second kappa shape index (κ2) is 8.83. The first kappa shape index (κ1) is 16.8. The van der Waals surface area contributed by atoms with Crippen LogP contribution in [0.4, 0.5) is 0 Å². The first-order chi connectivity index (χ1) is 9.22. The molecular weight excluding hydrogens is 264 g/mol. The zero-order valence-corrected chi connectivity index (χ0v) is 13.2. The Kier molecular flexibility index (Phi) is 7.82. The van der Waals surface area contributed by atoms with Crippen molar-refractivity contribution in [1.82, 2.24) is 0 Å². The summed E-state index contributed by atoms with van der Waals surface area (Å²) >= 11 is 0. The molecule has 19 heavy (non-hydrogen) atoms. The Hall–Kier alpha value is -0.243. The van der Waals surface area contributed by atoms with Crippen LogP contribution < -0.4 is 0 Å². The number of ether oxygens (including phenoxy) is 2. The lowest BCUT2D eigenvalue weighted by Crippen LogP contribution is -2.57. The topological polar surface area (TPSA) is 49.5 Å². The Morgan fingerprint density at radius 2 is 1.74 bits per heavy atom. The van der Waals surface area contributed by atoms with Crippen molar-refractivity contribution < 1.29 is 22.8 Å². The molecule has 0 radical (unpaired) electrons. The SMILES string of the molecule is C=CCC(OCC1CO1)[Si](OCC)(OCC)OCC. The molecule has 0 bridgehead atoms. The van der Waals surface area contributed by atoms with E-state index in [0.29, 0.717) is 32.8 Å². The minimum absolute atomic E-state index is 0.212. The Morgan fingerprint density at radius 3 is 2.11 bits per heavy atom. The van der Waals surface area contributed by atoms with E-state index < -0.39 is 8.80 Å². The summed E-state index contributed by atoms with van der Waals surface area (Å²) in [5.41, 5.74) is -0.214. The van der Waals surface area contributed by atoms with Gasteiger partial charge in [-0.05, 0) is 27.2 Å². The molecule has 2 unspecified atom stereocenters. The fourth-order valence-corrected chi connectivity index (χ4v) is 4.63. The van der Waals surface area contributed by atoms with Crippen LogP contribution in [-0.4, -0.2) is 53.7 Å². The molecule has 1 saturated heterocycles. The van der Waals surface area contributed by atoms with Crippen LogP contribution in [0.25, 0.3) is 0 Å². The molecule has 0 aliphatic carbocycles. The number of hydrogen-bond donors (Lipinski definition) is 0. The van der Waals surface area contributed by atoms with Crippen molar-refractivity contribution in [3.63, 3.8) is 0 Å². The molecule has 0 saturated carbocycles. The maximum atomic E-state index is 5.92. The van der Waals surface area contributed by atoms with Crippen LogP contribution in [0, 0.1) is 0 Å². The quantitative estimate of drug-likeness (QED) is 0.312. The molecule has 2 atom stereocenters. The van der Waals surface area contributed by atoms with E-state index >= 15 is 0 Å². The van der Waals surface area contributed by atoms with Gasteiger partial charge < -0.3 is 22.8 Å². The van der Waals surface area contributed by atoms with Gasteiger partial charge in [0, 0.05) is 19.8 Å². The van der Waals surface area contributed by atoms with Gasteiger partial charge >= 0.3 is 8.80 Å². The molecule has 0 aromatic rings. The smallest absolute Gasteiger partial charge is 0.372 e. The molecule has 0 amide bonds. The van der Waals surface area contributed by atoms with E-state index in [2.05, 4.69) is 6.58 Å². The summed E-state index contributed by atoms with van der Waals surface area (Å²) in [5.74, 6) is 0. The monoisotopic (exact) mass is 290 g/mol. The largest absolute Gasteiger partial charge is 0.531 e. The lowest BCUT2D eigenvalue weighted by atomic mass is 10.4. The highest BCUT2D eigenvalue weighted by Crippen LogP contribution is 2.23. The summed E-state index contributed by atoms with van der Waals surface area (Å²) in [5, 5.41) is 0. The van der Waals surface area contributed by atoms with Crippen molar-refractivity contribution in [3.05, 3.63) is 12.7 Å². The van der Waals surface area contributed by atoms with E-state index in [9.17, 15) is 0 Å². The molecular formula is C13H26O5Si. The summed E-state index contributed by atoms with van der Waals surface area (Å²) < 4.78 is 28.7. The highest BCUT2D eigenvalue weighted by molar-refractivity contribution is 6.62. The molecule has 1 aliphatic rings. The fraction of sp³-hybridized carbons (Fsp3) is 0.846. The van der Waals surface area contributed by atoms with Crippen molar-refractivity contribution in [2.24, 2.45) is 0 Å². The second-order valence-corrected chi connectivity index (χ2v) is 6.92. The zero-order valence-electron chi connectivity index (χ0n) is 12.2. The van der Waals surface area contributed by atoms with Gasteiger partial charge in [0.25, 0.3) is 0 Å². The van der Waals surface area contributed by atoms with Crippen LogP contribution in [0.5, 0.6) is 0 Å². The van der Waals surface area contributed by atoms with E-state index in [0.717, 1.165) is 6.61 Å². The third kappa shape index (κ3) is 5.33. The predicted octanol–water partition coefficient (Wildman–Crippen LogP) is 1.93. The molecule has 0 N–H and O–H groups in total. The van der Waals surface area contributed by atoms with Crippen LogP contribution in [0.15, 0.2) is 12.7 Å². The van der Waals surface area contributed by atoms with Crippen molar-refractivity contribution in [1.29, 1.82) is 0 Å². The lowest BCUT2D eigenvalue weighted by Gasteiger charge is -2.34. The molecule has 112 valence electrons. The molecule has 0 aromatic carbocycles. The van der Waals surface area contributed by atoms with Crippen LogP contribution in [-0.2, 0) is 22.8 Å². The highest BCUT2D eigenvalue weighted by atomic mass is 28.4. The summed E-state index contributed by atoms with van der Waals surface area (Å²) in [6.45, 7) is 12.6. The van der Waals surface area contributed by atoms with E-state index in [1.54, 1.807) is 0 Å². The molecule has 6 heteroatoms. The van der Waals surface area contributed by atoms with Crippen LogP contribution in [0.2, 0.25) is 0 Å². The van der Waals surface area contributed by atoms with Crippen molar-refractivity contribution >= 4 is 8.80 Å². The van der Waals surface area contributed by atoms with E-state index in [4.69, 9.17) is 22.8 Å². The Labute approximate surface area is 117 Å². The minimum Gasteiger partial charge on any atom is -0.372 e. The van der Waals surface area contributed by atoms with E-state index in [1.165, 1.54) is 0 Å². The van der Waals surface area contributed by atoms with Gasteiger partial charge in [0.1, 0.15) is 11.8 Å². The predicted molar refractivity (Wildman–Crippen MR) is 74.9 cm³/mol. The van der Waals surface area contributed by atoms with Gasteiger partial charge in [0.15, 0.2) is 0 Å².